The predicted molar refractivity (Wildman–Crippen MR) is 73.7 cm³/mol. The summed E-state index contributed by atoms with van der Waals surface area (Å²) in [6, 6.07) is 7.39. The smallest absolute Gasteiger partial charge is 0.230 e. The van der Waals surface area contributed by atoms with E-state index < -0.39 is 0 Å². The number of rotatable bonds is 2. The first-order chi connectivity index (χ1) is 9.16. The average molecular weight is 275 g/mol. The van der Waals surface area contributed by atoms with Crippen molar-refractivity contribution < 1.29 is 4.52 Å². The van der Waals surface area contributed by atoms with Gasteiger partial charge in [-0.1, -0.05) is 28.9 Å². The maximum Gasteiger partial charge on any atom is 0.230 e. The van der Waals surface area contributed by atoms with Crippen LogP contribution in [-0.2, 0) is 0 Å². The summed E-state index contributed by atoms with van der Waals surface area (Å²) in [5.41, 5.74) is 9.88. The summed E-state index contributed by atoms with van der Waals surface area (Å²) >= 11 is 6.01. The van der Waals surface area contributed by atoms with Gasteiger partial charge in [0.1, 0.15) is 5.69 Å². The molecule has 0 bridgehead atoms. The second-order valence-corrected chi connectivity index (χ2v) is 4.63. The number of benzene rings is 1. The van der Waals surface area contributed by atoms with Crippen molar-refractivity contribution in [3.8, 4) is 22.4 Å². The van der Waals surface area contributed by atoms with Gasteiger partial charge in [0.05, 0.1) is 11.8 Å². The molecule has 96 valence electrons. The molecule has 3 N–H and O–H groups in total. The van der Waals surface area contributed by atoms with Crippen molar-refractivity contribution in [1.82, 2.24) is 15.4 Å². The Balaban J connectivity index is 2.22. The molecule has 2 heterocycles. The molecule has 3 aromatic rings. The predicted octanol–water partition coefficient (Wildman–Crippen LogP) is 3.28. The van der Waals surface area contributed by atoms with E-state index in [2.05, 4.69) is 15.4 Å². The van der Waals surface area contributed by atoms with Crippen molar-refractivity contribution in [2.24, 2.45) is 0 Å². The fourth-order valence-corrected chi connectivity index (χ4v) is 2.19. The van der Waals surface area contributed by atoms with E-state index in [1.807, 2.05) is 25.1 Å². The van der Waals surface area contributed by atoms with Crippen molar-refractivity contribution in [1.29, 1.82) is 0 Å². The Labute approximate surface area is 114 Å². The summed E-state index contributed by atoms with van der Waals surface area (Å²) in [7, 11) is 0. The zero-order chi connectivity index (χ0) is 13.4. The number of nitrogen functional groups attached to an aromatic ring is 1. The molecule has 19 heavy (non-hydrogen) atoms. The van der Waals surface area contributed by atoms with Crippen LogP contribution in [0.15, 0.2) is 35.0 Å². The van der Waals surface area contributed by atoms with Crippen molar-refractivity contribution in [2.45, 2.75) is 6.92 Å². The minimum Gasteiger partial charge on any atom is -0.367 e. The van der Waals surface area contributed by atoms with Crippen molar-refractivity contribution in [3.63, 3.8) is 0 Å². The number of hydrogen-bond donors (Lipinski definition) is 2. The molecule has 3 rings (SSSR count). The van der Waals surface area contributed by atoms with Crippen LogP contribution in [0.1, 0.15) is 5.69 Å². The molecule has 0 aliphatic rings. The number of hydrogen-bond acceptors (Lipinski definition) is 4. The van der Waals surface area contributed by atoms with Gasteiger partial charge < -0.3 is 10.3 Å². The number of H-pyrrole nitrogens is 1. The van der Waals surface area contributed by atoms with Gasteiger partial charge in [0.25, 0.3) is 0 Å². The van der Waals surface area contributed by atoms with E-state index in [-0.39, 0.29) is 5.88 Å². The largest absolute Gasteiger partial charge is 0.367 e. The number of aryl methyl sites for hydroxylation is 1. The number of nitrogens with two attached hydrogens (primary N) is 1. The van der Waals surface area contributed by atoms with Crippen molar-refractivity contribution in [2.75, 3.05) is 5.73 Å². The van der Waals surface area contributed by atoms with Crippen LogP contribution in [0.5, 0.6) is 0 Å². The Morgan fingerprint density at radius 3 is 2.89 bits per heavy atom. The van der Waals surface area contributed by atoms with Crippen LogP contribution in [0.4, 0.5) is 5.88 Å². The molecule has 0 atom stereocenters. The molecule has 0 radical (unpaired) electrons. The highest BCUT2D eigenvalue weighted by molar-refractivity contribution is 6.30. The lowest BCUT2D eigenvalue weighted by molar-refractivity contribution is 0.439. The van der Waals surface area contributed by atoms with Crippen LogP contribution >= 0.6 is 11.6 Å². The Hall–Kier alpha value is -2.27. The van der Waals surface area contributed by atoms with E-state index in [9.17, 15) is 0 Å². The van der Waals surface area contributed by atoms with E-state index in [4.69, 9.17) is 21.9 Å². The van der Waals surface area contributed by atoms with Crippen LogP contribution < -0.4 is 5.73 Å². The van der Waals surface area contributed by atoms with Gasteiger partial charge in [0.15, 0.2) is 0 Å². The SMILES string of the molecule is Cc1[nH]ncc1-c1noc(N)c1-c1cccc(Cl)c1. The first kappa shape index (κ1) is 11.8. The third-order valence-electron chi connectivity index (χ3n) is 2.92. The minimum absolute atomic E-state index is 0.262. The Morgan fingerprint density at radius 1 is 1.37 bits per heavy atom. The topological polar surface area (TPSA) is 80.7 Å². The second-order valence-electron chi connectivity index (χ2n) is 4.19. The molecule has 0 aliphatic carbocycles. The third-order valence-corrected chi connectivity index (χ3v) is 3.15. The minimum atomic E-state index is 0.262. The lowest BCUT2D eigenvalue weighted by atomic mass is 10.0. The van der Waals surface area contributed by atoms with E-state index in [1.54, 1.807) is 12.3 Å². The van der Waals surface area contributed by atoms with Gasteiger partial charge in [-0.2, -0.15) is 5.10 Å². The quantitative estimate of drug-likeness (QED) is 0.751. The first-order valence-electron chi connectivity index (χ1n) is 5.68. The number of nitrogens with one attached hydrogen (secondary N) is 1. The normalized spacial score (nSPS) is 10.8. The number of aromatic nitrogens is 3. The molecule has 1 aromatic carbocycles. The van der Waals surface area contributed by atoms with Gasteiger partial charge in [-0.15, -0.1) is 0 Å². The maximum atomic E-state index is 6.01. The number of nitrogens with zero attached hydrogens (tertiary/aromatic N) is 2. The van der Waals surface area contributed by atoms with Crippen LogP contribution in [0, 0.1) is 6.92 Å². The highest BCUT2D eigenvalue weighted by Gasteiger charge is 2.19. The van der Waals surface area contributed by atoms with E-state index in [0.29, 0.717) is 10.7 Å². The maximum absolute atomic E-state index is 6.01. The second kappa shape index (κ2) is 4.44. The Bertz CT molecular complexity index is 732. The zero-order valence-corrected chi connectivity index (χ0v) is 10.9. The van der Waals surface area contributed by atoms with Gasteiger partial charge in [-0.3, -0.25) is 5.10 Å². The Kier molecular flexibility index (Phi) is 2.76. The summed E-state index contributed by atoms with van der Waals surface area (Å²) in [4.78, 5) is 0. The van der Waals surface area contributed by atoms with Gasteiger partial charge >= 0.3 is 0 Å². The fourth-order valence-electron chi connectivity index (χ4n) is 2.00. The fraction of sp³-hybridized carbons (Fsp3) is 0.0769. The summed E-state index contributed by atoms with van der Waals surface area (Å²) in [5, 5.41) is 11.5. The average Bonchev–Trinajstić information content (AvgIpc) is 2.95. The molecule has 0 unspecified atom stereocenters. The number of anilines is 1. The summed E-state index contributed by atoms with van der Waals surface area (Å²) in [6.45, 7) is 1.91. The van der Waals surface area contributed by atoms with E-state index in [0.717, 1.165) is 22.4 Å². The highest BCUT2D eigenvalue weighted by atomic mass is 35.5. The van der Waals surface area contributed by atoms with Crippen LogP contribution in [0.2, 0.25) is 5.02 Å². The molecule has 0 spiro atoms. The third kappa shape index (κ3) is 1.98. The monoisotopic (exact) mass is 274 g/mol. The molecule has 5 nitrogen and oxygen atoms in total. The zero-order valence-electron chi connectivity index (χ0n) is 10.1. The van der Waals surface area contributed by atoms with Gasteiger partial charge in [-0.05, 0) is 24.6 Å². The van der Waals surface area contributed by atoms with Crippen LogP contribution in [0.25, 0.3) is 22.4 Å². The standard InChI is InChI=1S/C13H11ClN4O/c1-7-10(6-16-17-7)12-11(13(15)19-18-12)8-3-2-4-9(14)5-8/h2-6H,15H2,1H3,(H,16,17). The van der Waals surface area contributed by atoms with Crippen molar-refractivity contribution >= 4 is 17.5 Å². The molecule has 2 aromatic heterocycles. The highest BCUT2D eigenvalue weighted by Crippen LogP contribution is 2.37. The summed E-state index contributed by atoms with van der Waals surface area (Å²) in [6.07, 6.45) is 1.70. The molecule has 0 saturated carbocycles. The van der Waals surface area contributed by atoms with Gasteiger partial charge in [0, 0.05) is 16.3 Å². The summed E-state index contributed by atoms with van der Waals surface area (Å²) in [5.74, 6) is 0.262. The molecule has 0 aliphatic heterocycles. The molecule has 6 heteroatoms. The molecule has 0 saturated heterocycles. The molecular weight excluding hydrogens is 264 g/mol. The van der Waals surface area contributed by atoms with Gasteiger partial charge in [-0.25, -0.2) is 0 Å². The van der Waals surface area contributed by atoms with Gasteiger partial charge in [0.2, 0.25) is 5.88 Å². The molecule has 0 amide bonds. The molecule has 0 fully saturated rings. The lowest BCUT2D eigenvalue weighted by Gasteiger charge is -2.02. The first-order valence-corrected chi connectivity index (χ1v) is 6.06. The Morgan fingerprint density at radius 2 is 2.21 bits per heavy atom. The lowest BCUT2D eigenvalue weighted by Crippen LogP contribution is -1.88. The van der Waals surface area contributed by atoms with Crippen LogP contribution in [-0.4, -0.2) is 15.4 Å². The summed E-state index contributed by atoms with van der Waals surface area (Å²) < 4.78 is 5.11. The number of aromatic amines is 1. The number of halogens is 1. The van der Waals surface area contributed by atoms with E-state index >= 15 is 0 Å². The van der Waals surface area contributed by atoms with Crippen LogP contribution in [0.3, 0.4) is 0 Å². The van der Waals surface area contributed by atoms with Crippen molar-refractivity contribution in [3.05, 3.63) is 41.2 Å². The molecular formula is C13H11ClN4O. The van der Waals surface area contributed by atoms with E-state index in [1.165, 1.54) is 0 Å².